The van der Waals surface area contributed by atoms with E-state index in [-0.39, 0.29) is 34.7 Å². The molecule has 0 aliphatic heterocycles. The van der Waals surface area contributed by atoms with Crippen LogP contribution in [0.1, 0.15) is 80.3 Å². The number of para-hydroxylation sites is 1. The van der Waals surface area contributed by atoms with Crippen LogP contribution in [0, 0.1) is 17.3 Å². The summed E-state index contributed by atoms with van der Waals surface area (Å²) in [5.41, 5.74) is 3.65. The highest BCUT2D eigenvalue weighted by molar-refractivity contribution is 5.94. The van der Waals surface area contributed by atoms with Gasteiger partial charge in [0.05, 0.1) is 0 Å². The van der Waals surface area contributed by atoms with Gasteiger partial charge in [-0.15, -0.1) is 0 Å². The van der Waals surface area contributed by atoms with E-state index in [1.807, 2.05) is 12.1 Å². The van der Waals surface area contributed by atoms with Gasteiger partial charge in [0.25, 0.3) is 0 Å². The molecule has 8 heteroatoms. The lowest BCUT2D eigenvalue weighted by molar-refractivity contribution is -0.154. The molecule has 2 fully saturated rings. The molecule has 8 nitrogen and oxygen atoms in total. The first-order chi connectivity index (χ1) is 20.5. The summed E-state index contributed by atoms with van der Waals surface area (Å²) in [5, 5.41) is 21.9. The van der Waals surface area contributed by atoms with Gasteiger partial charge in [-0.25, -0.2) is 4.79 Å². The van der Waals surface area contributed by atoms with E-state index >= 15 is 0 Å². The quantitative estimate of drug-likeness (QED) is 0.229. The van der Waals surface area contributed by atoms with Crippen molar-refractivity contribution in [1.29, 1.82) is 0 Å². The summed E-state index contributed by atoms with van der Waals surface area (Å²) >= 11 is 0. The Hall–Kier alpha value is -4.33. The van der Waals surface area contributed by atoms with Gasteiger partial charge in [0.15, 0.2) is 0 Å². The molecule has 2 saturated carbocycles. The average molecular weight is 586 g/mol. The van der Waals surface area contributed by atoms with E-state index in [0.717, 1.165) is 19.3 Å². The maximum Gasteiger partial charge on any atom is 0.347 e. The van der Waals surface area contributed by atoms with Gasteiger partial charge < -0.3 is 25.0 Å². The molecule has 0 spiro atoms. The number of benzene rings is 3. The van der Waals surface area contributed by atoms with E-state index < -0.39 is 5.97 Å². The number of fused-ring (bicyclic) bond motifs is 5. The Morgan fingerprint density at radius 2 is 1.65 bits per heavy atom. The highest BCUT2D eigenvalue weighted by Crippen LogP contribution is 2.61. The third-order valence-corrected chi connectivity index (χ3v) is 9.44. The minimum absolute atomic E-state index is 0.0958. The molecule has 0 bridgehead atoms. The van der Waals surface area contributed by atoms with Gasteiger partial charge in [0.1, 0.15) is 28.9 Å². The number of phenols is 2. The Bertz CT molecular complexity index is 1500. The Morgan fingerprint density at radius 1 is 0.907 bits per heavy atom. The second-order valence-corrected chi connectivity index (χ2v) is 12.1. The summed E-state index contributed by atoms with van der Waals surface area (Å²) in [5.74, 6) is 1.61. The van der Waals surface area contributed by atoms with Gasteiger partial charge in [-0.3, -0.25) is 9.59 Å². The summed E-state index contributed by atoms with van der Waals surface area (Å²) in [6.07, 6.45) is 6.89. The predicted octanol–water partition coefficient (Wildman–Crippen LogP) is 6.75. The lowest BCUT2D eigenvalue weighted by atomic mass is 9.55. The van der Waals surface area contributed by atoms with Crippen molar-refractivity contribution in [2.24, 2.45) is 17.3 Å². The molecule has 0 radical (unpaired) electrons. The largest absolute Gasteiger partial charge is 0.508 e. The Morgan fingerprint density at radius 3 is 2.35 bits per heavy atom. The first-order valence-electron chi connectivity index (χ1n) is 14.9. The fourth-order valence-electron chi connectivity index (χ4n) is 7.53. The summed E-state index contributed by atoms with van der Waals surface area (Å²) in [4.78, 5) is 34.2. The highest BCUT2D eigenvalue weighted by atomic mass is 16.5. The third kappa shape index (κ3) is 6.53. The highest BCUT2D eigenvalue weighted by Gasteiger charge is 2.56. The number of carbonyl (C=O) groups excluding carboxylic acids is 3. The summed E-state index contributed by atoms with van der Waals surface area (Å²) < 4.78 is 10.8. The van der Waals surface area contributed by atoms with E-state index in [0.29, 0.717) is 34.9 Å². The van der Waals surface area contributed by atoms with Crippen LogP contribution in [0.3, 0.4) is 0 Å². The molecule has 5 atom stereocenters. The number of phenolic OH excluding ortho intramolecular Hbond substituents is 2. The van der Waals surface area contributed by atoms with Gasteiger partial charge in [-0.1, -0.05) is 25.1 Å². The molecule has 226 valence electrons. The number of carbonyl (C=O) groups is 3. The van der Waals surface area contributed by atoms with Crippen molar-refractivity contribution in [2.45, 2.75) is 71.3 Å². The van der Waals surface area contributed by atoms with Crippen molar-refractivity contribution in [3.05, 3.63) is 83.4 Å². The van der Waals surface area contributed by atoms with Crippen LogP contribution in [-0.4, -0.2) is 34.2 Å². The van der Waals surface area contributed by atoms with Crippen molar-refractivity contribution >= 4 is 23.5 Å². The second-order valence-electron chi connectivity index (χ2n) is 12.1. The third-order valence-electron chi connectivity index (χ3n) is 9.44. The van der Waals surface area contributed by atoms with E-state index in [4.69, 9.17) is 9.47 Å². The number of hydrogen-bond acceptors (Lipinski definition) is 7. The zero-order chi connectivity index (χ0) is 30.7. The van der Waals surface area contributed by atoms with Crippen molar-refractivity contribution in [3.63, 3.8) is 0 Å². The van der Waals surface area contributed by atoms with Crippen molar-refractivity contribution < 1.29 is 34.1 Å². The normalized spacial score (nSPS) is 25.1. The number of amides is 1. The Kier molecular flexibility index (Phi) is 8.76. The van der Waals surface area contributed by atoms with E-state index in [2.05, 4.69) is 18.3 Å². The number of aromatic hydroxyl groups is 2. The minimum Gasteiger partial charge on any atom is -0.508 e. The monoisotopic (exact) mass is 585 g/mol. The smallest absolute Gasteiger partial charge is 0.347 e. The first kappa shape index (κ1) is 30.1. The van der Waals surface area contributed by atoms with Gasteiger partial charge in [-0.05, 0) is 116 Å². The maximum atomic E-state index is 11.8. The number of aryl methyl sites for hydroxylation is 1. The molecule has 0 aromatic heterocycles. The SMILES string of the molecule is CC(=O)Nc1ccc(OC(=O)c2ccccc2O)cc1.CC(=O)OC1CCC2C3CCc4cc(O)ccc4C3CCC12C. The Labute approximate surface area is 252 Å². The van der Waals surface area contributed by atoms with Crippen LogP contribution in [0.4, 0.5) is 5.69 Å². The molecule has 43 heavy (non-hydrogen) atoms. The summed E-state index contributed by atoms with van der Waals surface area (Å²) in [6.45, 7) is 5.29. The number of nitrogens with one attached hydrogen (secondary N) is 1. The van der Waals surface area contributed by atoms with Gasteiger partial charge in [0, 0.05) is 24.9 Å². The molecule has 0 saturated heterocycles. The van der Waals surface area contributed by atoms with Gasteiger partial charge in [0.2, 0.25) is 5.91 Å². The van der Waals surface area contributed by atoms with E-state index in [1.165, 1.54) is 56.4 Å². The van der Waals surface area contributed by atoms with Crippen LogP contribution in [0.2, 0.25) is 0 Å². The van der Waals surface area contributed by atoms with Crippen LogP contribution >= 0.6 is 0 Å². The molecule has 3 aromatic rings. The maximum absolute atomic E-state index is 11.8. The molecule has 3 aliphatic carbocycles. The standard InChI is InChI=1S/C20H26O3.C15H13NO4/c1-12(21)23-19-8-7-18-17-5-3-13-11-14(22)4-6-15(13)16(17)9-10-20(18,19)2;1-10(17)16-11-6-8-12(9-7-11)20-15(19)13-4-2-3-5-14(13)18/h4,6,11,16-19,22H,3,5,7-10H2,1-2H3;2-9,18H,1H3,(H,16,17). The molecule has 5 unspecified atom stereocenters. The molecule has 3 N–H and O–H groups in total. The average Bonchev–Trinajstić information content (AvgIpc) is 3.29. The fraction of sp³-hybridized carbons (Fsp3) is 0.400. The molecule has 3 aliphatic rings. The zero-order valence-electron chi connectivity index (χ0n) is 24.8. The number of rotatable bonds is 4. The van der Waals surface area contributed by atoms with Gasteiger partial charge >= 0.3 is 11.9 Å². The fourth-order valence-corrected chi connectivity index (χ4v) is 7.53. The number of ether oxygens (including phenoxy) is 2. The van der Waals surface area contributed by atoms with Crippen molar-refractivity contribution in [2.75, 3.05) is 5.32 Å². The van der Waals surface area contributed by atoms with Crippen LogP contribution in [0.5, 0.6) is 17.2 Å². The molecular formula is C35H39NO7. The van der Waals surface area contributed by atoms with Crippen LogP contribution < -0.4 is 10.1 Å². The molecule has 1 amide bonds. The molecule has 6 rings (SSSR count). The first-order valence-corrected chi connectivity index (χ1v) is 14.9. The van der Waals surface area contributed by atoms with Crippen LogP contribution in [0.25, 0.3) is 0 Å². The van der Waals surface area contributed by atoms with E-state index in [9.17, 15) is 24.6 Å². The van der Waals surface area contributed by atoms with E-state index in [1.54, 1.807) is 36.4 Å². The van der Waals surface area contributed by atoms with Gasteiger partial charge in [-0.2, -0.15) is 0 Å². The van der Waals surface area contributed by atoms with Crippen molar-refractivity contribution in [1.82, 2.24) is 0 Å². The number of hydrogen-bond donors (Lipinski definition) is 3. The second kappa shape index (κ2) is 12.5. The molecule has 3 aromatic carbocycles. The molecule has 0 heterocycles. The lowest BCUT2D eigenvalue weighted by Gasteiger charge is -2.50. The zero-order valence-corrected chi connectivity index (χ0v) is 24.8. The van der Waals surface area contributed by atoms with Crippen LogP contribution in [0.15, 0.2) is 66.7 Å². The van der Waals surface area contributed by atoms with Crippen LogP contribution in [-0.2, 0) is 20.7 Å². The Balaban J connectivity index is 0.000000173. The molecular weight excluding hydrogens is 546 g/mol. The predicted molar refractivity (Wildman–Crippen MR) is 162 cm³/mol. The summed E-state index contributed by atoms with van der Waals surface area (Å²) in [6, 6.07) is 18.4. The minimum atomic E-state index is -0.643. The topological polar surface area (TPSA) is 122 Å². The lowest BCUT2D eigenvalue weighted by Crippen LogP contribution is -2.45. The number of esters is 2. The summed E-state index contributed by atoms with van der Waals surface area (Å²) in [7, 11) is 0. The van der Waals surface area contributed by atoms with Crippen molar-refractivity contribution in [3.8, 4) is 17.2 Å². The number of anilines is 1.